The minimum Gasteiger partial charge on any atom is -0.340 e. The summed E-state index contributed by atoms with van der Waals surface area (Å²) in [6.07, 6.45) is 0. The first-order chi connectivity index (χ1) is 15.0. The molecule has 7 heteroatoms. The molecule has 31 heavy (non-hydrogen) atoms. The van der Waals surface area contributed by atoms with Gasteiger partial charge < -0.3 is 4.90 Å². The predicted octanol–water partition coefficient (Wildman–Crippen LogP) is 4.12. The number of nitrogens with zero attached hydrogens (tertiary/aromatic N) is 4. The summed E-state index contributed by atoms with van der Waals surface area (Å²) < 4.78 is 17.4. The Labute approximate surface area is 186 Å². The normalized spacial score (nSPS) is 19.7. The second-order valence-corrected chi connectivity index (χ2v) is 9.01. The quantitative estimate of drug-likeness (QED) is 0.557. The van der Waals surface area contributed by atoms with Crippen molar-refractivity contribution in [3.63, 3.8) is 0 Å². The van der Waals surface area contributed by atoms with Crippen LogP contribution in [0.3, 0.4) is 0 Å². The third kappa shape index (κ3) is 5.17. The molecule has 2 heterocycles. The summed E-state index contributed by atoms with van der Waals surface area (Å²) in [6, 6.07) is 16.9. The Balaban J connectivity index is 1.42. The van der Waals surface area contributed by atoms with Crippen LogP contribution >= 0.6 is 11.5 Å². The van der Waals surface area contributed by atoms with E-state index in [9.17, 15) is 9.18 Å². The third-order valence-electron chi connectivity index (χ3n) is 6.09. The number of benzene rings is 2. The van der Waals surface area contributed by atoms with Gasteiger partial charge in [-0.25, -0.2) is 4.39 Å². The van der Waals surface area contributed by atoms with Gasteiger partial charge in [0.25, 0.3) is 0 Å². The van der Waals surface area contributed by atoms with Crippen LogP contribution in [0.5, 0.6) is 0 Å². The lowest BCUT2D eigenvalue weighted by molar-refractivity contribution is -0.131. The highest BCUT2D eigenvalue weighted by atomic mass is 32.1. The highest BCUT2D eigenvalue weighted by Gasteiger charge is 2.38. The van der Waals surface area contributed by atoms with Crippen LogP contribution in [0.4, 0.5) is 4.39 Å². The minimum atomic E-state index is -0.254. The zero-order valence-electron chi connectivity index (χ0n) is 17.8. The van der Waals surface area contributed by atoms with E-state index in [-0.39, 0.29) is 23.6 Å². The van der Waals surface area contributed by atoms with E-state index in [0.717, 1.165) is 17.8 Å². The average Bonchev–Trinajstić information content (AvgIpc) is 3.45. The van der Waals surface area contributed by atoms with Crippen LogP contribution in [0, 0.1) is 5.82 Å². The molecule has 4 rings (SSSR count). The zero-order valence-corrected chi connectivity index (χ0v) is 18.6. The van der Waals surface area contributed by atoms with Gasteiger partial charge in [-0.2, -0.15) is 0 Å². The van der Waals surface area contributed by atoms with Gasteiger partial charge in [0.1, 0.15) is 5.82 Å². The van der Waals surface area contributed by atoms with Gasteiger partial charge in [0, 0.05) is 36.9 Å². The number of halogens is 1. The Morgan fingerprint density at radius 1 is 1.16 bits per heavy atom. The predicted molar refractivity (Wildman–Crippen MR) is 121 cm³/mol. The first-order valence-electron chi connectivity index (χ1n) is 10.5. The molecular formula is C24H27FN4OS. The summed E-state index contributed by atoms with van der Waals surface area (Å²) >= 11 is 1.32. The van der Waals surface area contributed by atoms with Crippen LogP contribution in [-0.4, -0.2) is 58.5 Å². The van der Waals surface area contributed by atoms with Gasteiger partial charge in [0.05, 0.1) is 12.2 Å². The summed E-state index contributed by atoms with van der Waals surface area (Å²) in [5, 5.41) is 6.21. The fraction of sp³-hybridized carbons (Fsp3) is 0.375. The first kappa shape index (κ1) is 21.6. The van der Waals surface area contributed by atoms with Crippen LogP contribution in [0.25, 0.3) is 0 Å². The maximum Gasteiger partial charge on any atom is 0.236 e. The molecular weight excluding hydrogens is 411 g/mol. The molecule has 0 spiro atoms. The van der Waals surface area contributed by atoms with E-state index in [1.54, 1.807) is 0 Å². The lowest BCUT2D eigenvalue weighted by Gasteiger charge is -2.24. The number of amides is 1. The zero-order chi connectivity index (χ0) is 21.8. The van der Waals surface area contributed by atoms with Gasteiger partial charge in [-0.1, -0.05) is 53.9 Å². The Morgan fingerprint density at radius 3 is 2.55 bits per heavy atom. The van der Waals surface area contributed by atoms with Crippen LogP contribution < -0.4 is 0 Å². The van der Waals surface area contributed by atoms with Crippen molar-refractivity contribution in [2.24, 2.45) is 0 Å². The molecule has 0 N–H and O–H groups in total. The number of carbonyl (C=O) groups is 1. The third-order valence-corrected chi connectivity index (χ3v) is 6.61. The Morgan fingerprint density at radius 2 is 1.87 bits per heavy atom. The summed E-state index contributed by atoms with van der Waals surface area (Å²) in [7, 11) is 1.99. The lowest BCUT2D eigenvalue weighted by atomic mass is 9.87. The molecule has 0 radical (unpaired) electrons. The van der Waals surface area contributed by atoms with E-state index < -0.39 is 0 Å². The Kier molecular flexibility index (Phi) is 6.73. The molecule has 1 saturated heterocycles. The Hall–Kier alpha value is -2.64. The monoisotopic (exact) mass is 438 g/mol. The van der Waals surface area contributed by atoms with E-state index in [4.69, 9.17) is 0 Å². The van der Waals surface area contributed by atoms with Crippen LogP contribution in [-0.2, 0) is 4.79 Å². The van der Waals surface area contributed by atoms with Crippen molar-refractivity contribution in [1.29, 1.82) is 0 Å². The van der Waals surface area contributed by atoms with Gasteiger partial charge in [0.2, 0.25) is 5.91 Å². The molecule has 0 unspecified atom stereocenters. The number of carbonyl (C=O) groups excluding carboxylic acids is 1. The molecule has 3 atom stereocenters. The molecule has 1 aliphatic heterocycles. The molecule has 1 fully saturated rings. The van der Waals surface area contributed by atoms with Crippen molar-refractivity contribution >= 4 is 17.4 Å². The maximum atomic E-state index is 13.4. The van der Waals surface area contributed by atoms with E-state index in [1.165, 1.54) is 29.2 Å². The summed E-state index contributed by atoms with van der Waals surface area (Å²) in [5.41, 5.74) is 3.21. The van der Waals surface area contributed by atoms with E-state index in [1.807, 2.05) is 47.7 Å². The molecule has 1 aliphatic rings. The highest BCUT2D eigenvalue weighted by Crippen LogP contribution is 2.39. The lowest BCUT2D eigenvalue weighted by Crippen LogP contribution is -2.39. The number of aromatic nitrogens is 2. The van der Waals surface area contributed by atoms with Crippen molar-refractivity contribution in [1.82, 2.24) is 19.4 Å². The fourth-order valence-electron chi connectivity index (χ4n) is 4.44. The molecule has 162 valence electrons. The van der Waals surface area contributed by atoms with Crippen molar-refractivity contribution in [3.8, 4) is 0 Å². The number of hydrogen-bond donors (Lipinski definition) is 0. The Bertz CT molecular complexity index is 981. The smallest absolute Gasteiger partial charge is 0.236 e. The molecule has 1 aromatic heterocycles. The largest absolute Gasteiger partial charge is 0.340 e. The summed E-state index contributed by atoms with van der Waals surface area (Å²) in [6.45, 7) is 4.57. The molecule has 0 aliphatic carbocycles. The van der Waals surface area contributed by atoms with Crippen LogP contribution in [0.2, 0.25) is 0 Å². The topological polar surface area (TPSA) is 49.3 Å². The van der Waals surface area contributed by atoms with Crippen molar-refractivity contribution in [2.75, 3.05) is 33.2 Å². The SMILES string of the molecule is C[C@H](CN(C)CC(=O)N1C[C@@H](c2ccc(F)cc2)[C@H](c2csnn2)C1)c1ccccc1. The van der Waals surface area contributed by atoms with Gasteiger partial charge in [0.15, 0.2) is 0 Å². The number of likely N-dealkylation sites (tertiary alicyclic amines) is 1. The molecule has 0 saturated carbocycles. The standard InChI is InChI=1S/C24H27FN4OS/c1-17(18-6-4-3-5-7-18)12-28(2)15-24(30)29-13-21(19-8-10-20(25)11-9-19)22(14-29)23-16-31-27-26-23/h3-11,16-17,21-22H,12-15H2,1-2H3/t17-,21+,22-/m1/s1. The maximum absolute atomic E-state index is 13.4. The number of rotatable bonds is 7. The average molecular weight is 439 g/mol. The van der Waals surface area contributed by atoms with Gasteiger partial charge >= 0.3 is 0 Å². The van der Waals surface area contributed by atoms with Gasteiger partial charge in [-0.05, 0) is 47.8 Å². The molecule has 0 bridgehead atoms. The van der Waals surface area contributed by atoms with Gasteiger partial charge in [-0.3, -0.25) is 9.69 Å². The highest BCUT2D eigenvalue weighted by molar-refractivity contribution is 7.03. The second kappa shape index (κ2) is 9.66. The molecule has 2 aromatic carbocycles. The summed E-state index contributed by atoms with van der Waals surface area (Å²) in [5.74, 6) is 0.360. The summed E-state index contributed by atoms with van der Waals surface area (Å²) in [4.78, 5) is 17.1. The number of hydrogen-bond acceptors (Lipinski definition) is 5. The van der Waals surface area contributed by atoms with Gasteiger partial charge in [-0.15, -0.1) is 5.10 Å². The molecule has 3 aromatic rings. The minimum absolute atomic E-state index is 0.0710. The van der Waals surface area contributed by atoms with Crippen molar-refractivity contribution < 1.29 is 9.18 Å². The van der Waals surface area contributed by atoms with E-state index >= 15 is 0 Å². The number of likely N-dealkylation sites (N-methyl/N-ethyl adjacent to an activating group) is 1. The van der Waals surface area contributed by atoms with E-state index in [2.05, 4.69) is 33.5 Å². The molecule has 5 nitrogen and oxygen atoms in total. The molecule has 1 amide bonds. The van der Waals surface area contributed by atoms with Crippen molar-refractivity contribution in [3.05, 3.63) is 82.6 Å². The van der Waals surface area contributed by atoms with Crippen LogP contribution in [0.15, 0.2) is 60.0 Å². The van der Waals surface area contributed by atoms with Crippen LogP contribution in [0.1, 0.15) is 41.5 Å². The first-order valence-corrected chi connectivity index (χ1v) is 11.4. The second-order valence-electron chi connectivity index (χ2n) is 8.40. The van der Waals surface area contributed by atoms with E-state index in [0.29, 0.717) is 25.6 Å². The fourth-order valence-corrected chi connectivity index (χ4v) is 4.96. The van der Waals surface area contributed by atoms with Crippen molar-refractivity contribution in [2.45, 2.75) is 24.7 Å².